The fourth-order valence-corrected chi connectivity index (χ4v) is 1.19. The Bertz CT molecular complexity index is 406. The van der Waals surface area contributed by atoms with Gasteiger partial charge in [-0.25, -0.2) is 4.79 Å². The van der Waals surface area contributed by atoms with Crippen molar-refractivity contribution in [1.29, 1.82) is 0 Å². The molecule has 1 rings (SSSR count). The van der Waals surface area contributed by atoms with E-state index >= 15 is 0 Å². The number of aliphatic hydroxyl groups excluding tert-OH is 1. The van der Waals surface area contributed by atoms with E-state index in [4.69, 9.17) is 14.9 Å². The molecule has 18 heavy (non-hydrogen) atoms. The molecule has 1 aromatic rings. The molecule has 98 valence electrons. The number of carbonyl (C=O) groups excluding carboxylic acids is 1. The molecule has 0 aliphatic rings. The maximum Gasteiger partial charge on any atom is 0.334 e. The van der Waals surface area contributed by atoms with Gasteiger partial charge >= 0.3 is 5.97 Å². The van der Waals surface area contributed by atoms with Crippen molar-refractivity contribution in [3.8, 4) is 5.75 Å². The average Bonchev–Trinajstić information content (AvgIpc) is 2.36. The normalized spacial score (nSPS) is 13.4. The van der Waals surface area contributed by atoms with E-state index in [1.807, 2.05) is 6.07 Å². The van der Waals surface area contributed by atoms with Crippen LogP contribution in [0, 0.1) is 0 Å². The molecule has 2 atom stereocenters. The summed E-state index contributed by atoms with van der Waals surface area (Å²) in [4.78, 5) is 21.9. The van der Waals surface area contributed by atoms with Gasteiger partial charge in [0.15, 0.2) is 12.2 Å². The van der Waals surface area contributed by atoms with Crippen LogP contribution >= 0.6 is 0 Å². The fourth-order valence-electron chi connectivity index (χ4n) is 1.19. The third-order valence-electron chi connectivity index (χ3n) is 2.18. The number of rotatable bonds is 6. The lowest BCUT2D eigenvalue weighted by Crippen LogP contribution is -2.42. The summed E-state index contributed by atoms with van der Waals surface area (Å²) >= 11 is 0. The van der Waals surface area contributed by atoms with Crippen molar-refractivity contribution in [2.45, 2.75) is 19.1 Å². The summed E-state index contributed by atoms with van der Waals surface area (Å²) in [5, 5.41) is 19.7. The molecule has 0 aliphatic carbocycles. The zero-order valence-electron chi connectivity index (χ0n) is 9.87. The third kappa shape index (κ3) is 4.42. The van der Waals surface area contributed by atoms with Crippen LogP contribution in [0.5, 0.6) is 5.75 Å². The molecule has 0 fully saturated rings. The standard InChI is InChI=1S/C12H15NO5/c1-8(18-9-5-3-2-4-6-9)11(15)13-7-10(14)12(16)17/h2-6,8,10,14H,7H2,1H3,(H,13,15)(H,16,17). The number of amides is 1. The average molecular weight is 253 g/mol. The Balaban J connectivity index is 2.40. The second-order valence-electron chi connectivity index (χ2n) is 3.67. The second kappa shape index (κ2) is 6.61. The molecule has 0 saturated carbocycles. The molecule has 0 radical (unpaired) electrons. The predicted molar refractivity (Wildman–Crippen MR) is 63.2 cm³/mol. The molecule has 0 bridgehead atoms. The van der Waals surface area contributed by atoms with Gasteiger partial charge in [0.05, 0.1) is 6.54 Å². The van der Waals surface area contributed by atoms with Crippen LogP contribution < -0.4 is 10.1 Å². The number of ether oxygens (including phenoxy) is 1. The molecule has 0 aliphatic heterocycles. The molecular formula is C12H15NO5. The summed E-state index contributed by atoms with van der Waals surface area (Å²) in [5.74, 6) is -1.33. The molecule has 0 heterocycles. The van der Waals surface area contributed by atoms with Crippen molar-refractivity contribution in [3.05, 3.63) is 30.3 Å². The van der Waals surface area contributed by atoms with Crippen LogP contribution in [0.15, 0.2) is 30.3 Å². The lowest BCUT2D eigenvalue weighted by molar-refractivity contribution is -0.146. The van der Waals surface area contributed by atoms with Crippen LogP contribution in [0.3, 0.4) is 0 Å². The van der Waals surface area contributed by atoms with E-state index in [0.717, 1.165) is 0 Å². The van der Waals surface area contributed by atoms with Crippen LogP contribution in [-0.4, -0.2) is 40.8 Å². The Labute approximate surface area is 104 Å². The summed E-state index contributed by atoms with van der Waals surface area (Å²) < 4.78 is 5.33. The molecule has 0 spiro atoms. The second-order valence-corrected chi connectivity index (χ2v) is 3.67. The van der Waals surface area contributed by atoms with Gasteiger partial charge in [-0.2, -0.15) is 0 Å². The SMILES string of the molecule is CC(Oc1ccccc1)C(=O)NCC(O)C(=O)O. The molecule has 0 saturated heterocycles. The number of hydrogen-bond donors (Lipinski definition) is 3. The van der Waals surface area contributed by atoms with Crippen molar-refractivity contribution in [3.63, 3.8) is 0 Å². The van der Waals surface area contributed by atoms with Crippen LogP contribution in [0.25, 0.3) is 0 Å². The first-order valence-corrected chi connectivity index (χ1v) is 5.41. The summed E-state index contributed by atoms with van der Waals surface area (Å²) in [6.07, 6.45) is -2.38. The Hall–Kier alpha value is -2.08. The van der Waals surface area contributed by atoms with Crippen LogP contribution in [0.1, 0.15) is 6.92 Å². The van der Waals surface area contributed by atoms with E-state index in [1.54, 1.807) is 24.3 Å². The number of carboxylic acid groups (broad SMARTS) is 1. The van der Waals surface area contributed by atoms with E-state index in [0.29, 0.717) is 5.75 Å². The highest BCUT2D eigenvalue weighted by Crippen LogP contribution is 2.10. The van der Waals surface area contributed by atoms with Crippen molar-refractivity contribution in [1.82, 2.24) is 5.32 Å². The molecule has 6 heteroatoms. The number of nitrogens with one attached hydrogen (secondary N) is 1. The first kappa shape index (κ1) is 14.0. The van der Waals surface area contributed by atoms with Crippen molar-refractivity contribution in [2.24, 2.45) is 0 Å². The number of para-hydroxylation sites is 1. The van der Waals surface area contributed by atoms with Crippen LogP contribution in [0.2, 0.25) is 0 Å². The zero-order valence-corrected chi connectivity index (χ0v) is 9.87. The number of carbonyl (C=O) groups is 2. The van der Waals surface area contributed by atoms with Crippen molar-refractivity contribution in [2.75, 3.05) is 6.54 Å². The van der Waals surface area contributed by atoms with E-state index < -0.39 is 24.1 Å². The van der Waals surface area contributed by atoms with E-state index in [9.17, 15) is 9.59 Å². The molecule has 3 N–H and O–H groups in total. The quantitative estimate of drug-likeness (QED) is 0.664. The van der Waals surface area contributed by atoms with Gasteiger partial charge in [-0.15, -0.1) is 0 Å². The maximum absolute atomic E-state index is 11.5. The number of hydrogen-bond acceptors (Lipinski definition) is 4. The first-order chi connectivity index (χ1) is 8.50. The van der Waals surface area contributed by atoms with Gasteiger partial charge < -0.3 is 20.3 Å². The predicted octanol–water partition coefficient (Wildman–Crippen LogP) is 0.0156. The Morgan fingerprint density at radius 3 is 2.50 bits per heavy atom. The van der Waals surface area contributed by atoms with Gasteiger partial charge in [0.2, 0.25) is 0 Å². The van der Waals surface area contributed by atoms with Crippen molar-refractivity contribution >= 4 is 11.9 Å². The van der Waals surface area contributed by atoms with E-state index in [1.165, 1.54) is 6.92 Å². The first-order valence-electron chi connectivity index (χ1n) is 5.41. The zero-order chi connectivity index (χ0) is 13.5. The monoisotopic (exact) mass is 253 g/mol. The molecular weight excluding hydrogens is 238 g/mol. The summed E-state index contributed by atoms with van der Waals surface area (Å²) in [6, 6.07) is 8.77. The molecule has 2 unspecified atom stereocenters. The number of carboxylic acids is 1. The van der Waals surface area contributed by atoms with Gasteiger partial charge in [0.25, 0.3) is 5.91 Å². The Morgan fingerprint density at radius 1 is 1.33 bits per heavy atom. The summed E-state index contributed by atoms with van der Waals surface area (Å²) in [5.41, 5.74) is 0. The van der Waals surface area contributed by atoms with Gasteiger partial charge in [0.1, 0.15) is 5.75 Å². The Kier molecular flexibility index (Phi) is 5.13. The summed E-state index contributed by atoms with van der Waals surface area (Å²) in [7, 11) is 0. The summed E-state index contributed by atoms with van der Waals surface area (Å²) in [6.45, 7) is 1.19. The number of benzene rings is 1. The largest absolute Gasteiger partial charge is 0.481 e. The maximum atomic E-state index is 11.5. The van der Waals surface area contributed by atoms with Gasteiger partial charge in [-0.3, -0.25) is 4.79 Å². The topological polar surface area (TPSA) is 95.9 Å². The van der Waals surface area contributed by atoms with Crippen molar-refractivity contribution < 1.29 is 24.5 Å². The highest BCUT2D eigenvalue weighted by Gasteiger charge is 2.18. The lowest BCUT2D eigenvalue weighted by atomic mass is 10.3. The van der Waals surface area contributed by atoms with Gasteiger partial charge in [0, 0.05) is 0 Å². The smallest absolute Gasteiger partial charge is 0.334 e. The lowest BCUT2D eigenvalue weighted by Gasteiger charge is -2.15. The van der Waals surface area contributed by atoms with Gasteiger partial charge in [-0.1, -0.05) is 18.2 Å². The minimum atomic E-state index is -1.61. The Morgan fingerprint density at radius 2 is 1.94 bits per heavy atom. The fraction of sp³-hybridized carbons (Fsp3) is 0.333. The van der Waals surface area contributed by atoms with Gasteiger partial charge in [-0.05, 0) is 19.1 Å². The highest BCUT2D eigenvalue weighted by molar-refractivity contribution is 5.81. The minimum Gasteiger partial charge on any atom is -0.481 e. The third-order valence-corrected chi connectivity index (χ3v) is 2.18. The minimum absolute atomic E-state index is 0.351. The van der Waals surface area contributed by atoms with Crippen LogP contribution in [-0.2, 0) is 9.59 Å². The number of aliphatic hydroxyl groups is 1. The molecule has 1 aromatic carbocycles. The van der Waals surface area contributed by atoms with E-state index in [2.05, 4.69) is 5.32 Å². The number of aliphatic carboxylic acids is 1. The van der Waals surface area contributed by atoms with Crippen LogP contribution in [0.4, 0.5) is 0 Å². The molecule has 0 aromatic heterocycles. The highest BCUT2D eigenvalue weighted by atomic mass is 16.5. The molecule has 1 amide bonds. The molecule has 6 nitrogen and oxygen atoms in total. The van der Waals surface area contributed by atoms with E-state index in [-0.39, 0.29) is 6.54 Å².